The van der Waals surface area contributed by atoms with Crippen LogP contribution < -0.4 is 0 Å². The predicted octanol–water partition coefficient (Wildman–Crippen LogP) is 2.74. The lowest BCUT2D eigenvalue weighted by Crippen LogP contribution is -1.99. The van der Waals surface area contributed by atoms with E-state index in [0.29, 0.717) is 0 Å². The molecule has 0 aliphatic heterocycles. The zero-order chi connectivity index (χ0) is 6.57. The second-order valence-electron chi connectivity index (χ2n) is 2.22. The lowest BCUT2D eigenvalue weighted by Gasteiger charge is -2.09. The molecule has 0 aliphatic carbocycles. The zero-order valence-electron chi connectivity index (χ0n) is 6.14. The SMILES string of the molecule is C[CH]C(C)SC(C)C. The number of rotatable bonds is 3. The van der Waals surface area contributed by atoms with E-state index in [9.17, 15) is 0 Å². The first-order valence-corrected chi connectivity index (χ1v) is 4.06. The standard InChI is InChI=1S/C7H15S/c1-5-7(4)8-6(2)3/h5-7H,1-4H3. The van der Waals surface area contributed by atoms with Crippen molar-refractivity contribution in [3.63, 3.8) is 0 Å². The van der Waals surface area contributed by atoms with E-state index in [2.05, 4.69) is 34.1 Å². The first-order chi connectivity index (χ1) is 3.66. The highest BCUT2D eigenvalue weighted by Gasteiger charge is 2.00. The van der Waals surface area contributed by atoms with Gasteiger partial charge in [0.1, 0.15) is 0 Å². The van der Waals surface area contributed by atoms with E-state index in [1.54, 1.807) is 0 Å². The summed E-state index contributed by atoms with van der Waals surface area (Å²) in [5.41, 5.74) is 0. The minimum Gasteiger partial charge on any atom is -0.156 e. The summed E-state index contributed by atoms with van der Waals surface area (Å²) >= 11 is 2.00. The fraction of sp³-hybridized carbons (Fsp3) is 0.857. The number of hydrogen-bond acceptors (Lipinski definition) is 1. The molecule has 0 spiro atoms. The van der Waals surface area contributed by atoms with Gasteiger partial charge in [-0.3, -0.25) is 0 Å². The molecule has 1 heteroatoms. The van der Waals surface area contributed by atoms with E-state index in [-0.39, 0.29) is 0 Å². The van der Waals surface area contributed by atoms with E-state index in [1.165, 1.54) is 0 Å². The van der Waals surface area contributed by atoms with E-state index in [0.717, 1.165) is 10.5 Å². The molecule has 1 unspecified atom stereocenters. The predicted molar refractivity (Wildman–Crippen MR) is 42.2 cm³/mol. The lowest BCUT2D eigenvalue weighted by molar-refractivity contribution is 1.06. The summed E-state index contributed by atoms with van der Waals surface area (Å²) in [4.78, 5) is 0. The molecule has 0 nitrogen and oxygen atoms in total. The Morgan fingerprint density at radius 1 is 1.25 bits per heavy atom. The van der Waals surface area contributed by atoms with Crippen LogP contribution in [0.4, 0.5) is 0 Å². The molecule has 0 fully saturated rings. The summed E-state index contributed by atoms with van der Waals surface area (Å²) in [7, 11) is 0. The van der Waals surface area contributed by atoms with Crippen LogP contribution in [0.1, 0.15) is 27.7 Å². The van der Waals surface area contributed by atoms with Crippen LogP contribution in [0.15, 0.2) is 0 Å². The molecule has 0 aromatic heterocycles. The maximum Gasteiger partial charge on any atom is 0.00498 e. The van der Waals surface area contributed by atoms with Crippen LogP contribution in [0.5, 0.6) is 0 Å². The van der Waals surface area contributed by atoms with Gasteiger partial charge in [-0.25, -0.2) is 0 Å². The molecule has 0 saturated heterocycles. The second-order valence-corrected chi connectivity index (χ2v) is 4.18. The van der Waals surface area contributed by atoms with Crippen molar-refractivity contribution in [1.29, 1.82) is 0 Å². The van der Waals surface area contributed by atoms with Crippen LogP contribution in [-0.4, -0.2) is 10.5 Å². The fourth-order valence-corrected chi connectivity index (χ4v) is 1.52. The largest absolute Gasteiger partial charge is 0.156 e. The lowest BCUT2D eigenvalue weighted by atomic mass is 10.4. The highest BCUT2D eigenvalue weighted by Crippen LogP contribution is 2.17. The van der Waals surface area contributed by atoms with Crippen molar-refractivity contribution in [2.45, 2.75) is 38.2 Å². The fourth-order valence-electron chi connectivity index (χ4n) is 0.508. The van der Waals surface area contributed by atoms with Gasteiger partial charge in [-0.2, -0.15) is 11.8 Å². The summed E-state index contributed by atoms with van der Waals surface area (Å²) in [5, 5.41) is 1.48. The Labute approximate surface area is 57.1 Å². The van der Waals surface area contributed by atoms with Gasteiger partial charge in [0.25, 0.3) is 0 Å². The van der Waals surface area contributed by atoms with Gasteiger partial charge in [0.2, 0.25) is 0 Å². The van der Waals surface area contributed by atoms with Crippen LogP contribution >= 0.6 is 11.8 Å². The summed E-state index contributed by atoms with van der Waals surface area (Å²) in [6.07, 6.45) is 2.23. The van der Waals surface area contributed by atoms with Crippen molar-refractivity contribution in [3.8, 4) is 0 Å². The summed E-state index contributed by atoms with van der Waals surface area (Å²) in [5.74, 6) is 0. The first kappa shape index (κ1) is 8.35. The molecule has 0 saturated carbocycles. The zero-order valence-corrected chi connectivity index (χ0v) is 6.96. The molecule has 0 aliphatic rings. The number of hydrogen-bond donors (Lipinski definition) is 0. The minimum atomic E-state index is 0.718. The molecule has 1 radical (unpaired) electrons. The van der Waals surface area contributed by atoms with Crippen molar-refractivity contribution in [3.05, 3.63) is 6.42 Å². The molecule has 0 N–H and O–H groups in total. The van der Waals surface area contributed by atoms with Gasteiger partial charge in [0, 0.05) is 5.25 Å². The average molecular weight is 131 g/mol. The van der Waals surface area contributed by atoms with Crippen LogP contribution in [0, 0.1) is 6.42 Å². The number of thioether (sulfide) groups is 1. The third-order valence-electron chi connectivity index (χ3n) is 0.956. The van der Waals surface area contributed by atoms with Gasteiger partial charge < -0.3 is 0 Å². The Hall–Kier alpha value is 0.350. The summed E-state index contributed by atoms with van der Waals surface area (Å²) < 4.78 is 0. The van der Waals surface area contributed by atoms with Crippen molar-refractivity contribution in [2.24, 2.45) is 0 Å². The van der Waals surface area contributed by atoms with E-state index in [4.69, 9.17) is 0 Å². The molecule has 8 heavy (non-hydrogen) atoms. The van der Waals surface area contributed by atoms with Gasteiger partial charge >= 0.3 is 0 Å². The van der Waals surface area contributed by atoms with Gasteiger partial charge in [-0.15, -0.1) is 0 Å². The van der Waals surface area contributed by atoms with Crippen LogP contribution in [-0.2, 0) is 0 Å². The third kappa shape index (κ3) is 4.51. The molecule has 0 aromatic carbocycles. The molecule has 0 bridgehead atoms. The quantitative estimate of drug-likeness (QED) is 0.567. The molecule has 0 rings (SSSR count). The smallest absolute Gasteiger partial charge is 0.00498 e. The van der Waals surface area contributed by atoms with Crippen molar-refractivity contribution < 1.29 is 0 Å². The maximum atomic E-state index is 2.23. The summed E-state index contributed by atoms with van der Waals surface area (Å²) in [6.45, 7) is 8.79. The van der Waals surface area contributed by atoms with Crippen LogP contribution in [0.2, 0.25) is 0 Å². The Morgan fingerprint density at radius 3 is 1.88 bits per heavy atom. The monoisotopic (exact) mass is 131 g/mol. The van der Waals surface area contributed by atoms with Crippen molar-refractivity contribution in [1.82, 2.24) is 0 Å². The highest BCUT2D eigenvalue weighted by atomic mass is 32.2. The Bertz CT molecular complexity index is 50.3. The van der Waals surface area contributed by atoms with Gasteiger partial charge in [0.05, 0.1) is 0 Å². The first-order valence-electron chi connectivity index (χ1n) is 3.11. The Balaban J connectivity index is 3.10. The van der Waals surface area contributed by atoms with Gasteiger partial charge in [-0.1, -0.05) is 27.7 Å². The Morgan fingerprint density at radius 2 is 1.75 bits per heavy atom. The molecule has 0 amide bonds. The van der Waals surface area contributed by atoms with Gasteiger partial charge in [0.15, 0.2) is 0 Å². The van der Waals surface area contributed by atoms with E-state index < -0.39 is 0 Å². The average Bonchev–Trinajstić information content (AvgIpc) is 1.65. The van der Waals surface area contributed by atoms with Gasteiger partial charge in [-0.05, 0) is 11.7 Å². The Kier molecular flexibility index (Phi) is 4.44. The minimum absolute atomic E-state index is 0.718. The maximum absolute atomic E-state index is 2.23. The third-order valence-corrected chi connectivity index (χ3v) is 2.20. The molecule has 49 valence electrons. The highest BCUT2D eigenvalue weighted by molar-refractivity contribution is 8.00. The van der Waals surface area contributed by atoms with E-state index in [1.807, 2.05) is 11.8 Å². The molecule has 0 aromatic rings. The molecular formula is C7H15S. The molecule has 0 heterocycles. The molecular weight excluding hydrogens is 116 g/mol. The van der Waals surface area contributed by atoms with Crippen LogP contribution in [0.25, 0.3) is 0 Å². The van der Waals surface area contributed by atoms with E-state index >= 15 is 0 Å². The molecule has 1 atom stereocenters. The second kappa shape index (κ2) is 4.25. The van der Waals surface area contributed by atoms with Crippen molar-refractivity contribution in [2.75, 3.05) is 0 Å². The van der Waals surface area contributed by atoms with Crippen LogP contribution in [0.3, 0.4) is 0 Å². The van der Waals surface area contributed by atoms with Crippen molar-refractivity contribution >= 4 is 11.8 Å². The summed E-state index contributed by atoms with van der Waals surface area (Å²) in [6, 6.07) is 0. The topological polar surface area (TPSA) is 0 Å². The normalized spacial score (nSPS) is 14.6.